The third kappa shape index (κ3) is 3.16. The molecule has 2 aliphatic rings. The predicted molar refractivity (Wildman–Crippen MR) is 97.8 cm³/mol. The summed E-state index contributed by atoms with van der Waals surface area (Å²) in [6.45, 7) is 8.58. The highest BCUT2D eigenvalue weighted by atomic mass is 16.5. The first-order valence-corrected chi connectivity index (χ1v) is 9.56. The lowest BCUT2D eigenvalue weighted by molar-refractivity contribution is 0.0682. The second-order valence-corrected chi connectivity index (χ2v) is 7.52. The summed E-state index contributed by atoms with van der Waals surface area (Å²) < 4.78 is 7.70. The van der Waals surface area contributed by atoms with E-state index in [1.807, 2.05) is 0 Å². The molecule has 2 fully saturated rings. The van der Waals surface area contributed by atoms with Gasteiger partial charge in [0.15, 0.2) is 0 Å². The first-order chi connectivity index (χ1) is 11.8. The summed E-state index contributed by atoms with van der Waals surface area (Å²) in [4.78, 5) is 2.66. The summed E-state index contributed by atoms with van der Waals surface area (Å²) >= 11 is 0. The molecule has 0 spiro atoms. The van der Waals surface area contributed by atoms with Crippen LogP contribution in [0.4, 0.5) is 5.69 Å². The van der Waals surface area contributed by atoms with Crippen LogP contribution in [0.5, 0.6) is 0 Å². The minimum atomic E-state index is 0.752. The molecule has 3 heterocycles. The Morgan fingerprint density at radius 3 is 2.50 bits per heavy atom. The summed E-state index contributed by atoms with van der Waals surface area (Å²) in [5.74, 6) is 1.64. The van der Waals surface area contributed by atoms with Crippen molar-refractivity contribution >= 4 is 11.2 Å². The molecule has 1 aliphatic carbocycles. The maximum absolute atomic E-state index is 5.56. The van der Waals surface area contributed by atoms with Gasteiger partial charge in [0.25, 0.3) is 0 Å². The van der Waals surface area contributed by atoms with Crippen molar-refractivity contribution in [3.63, 3.8) is 0 Å². The number of hydrogen-bond donors (Lipinski definition) is 0. The van der Waals surface area contributed by atoms with E-state index in [9.17, 15) is 0 Å². The Morgan fingerprint density at radius 2 is 1.83 bits per heavy atom. The molecule has 1 saturated heterocycles. The van der Waals surface area contributed by atoms with Crippen LogP contribution in [-0.4, -0.2) is 35.9 Å². The zero-order valence-corrected chi connectivity index (χ0v) is 15.0. The first kappa shape index (κ1) is 15.9. The predicted octanol–water partition coefficient (Wildman–Crippen LogP) is 3.85. The number of rotatable bonds is 6. The molecular weight excluding hydrogens is 298 g/mol. The van der Waals surface area contributed by atoms with Crippen molar-refractivity contribution in [3.8, 4) is 0 Å². The van der Waals surface area contributed by atoms with Crippen LogP contribution in [0.25, 0.3) is 5.52 Å². The number of hydrogen-bond acceptors (Lipinski definition) is 3. The monoisotopic (exact) mass is 327 g/mol. The molecule has 0 aromatic carbocycles. The van der Waals surface area contributed by atoms with E-state index in [0.717, 1.165) is 38.0 Å². The third-order valence-electron chi connectivity index (χ3n) is 5.54. The number of pyridine rings is 1. The molecular formula is C20H29N3O. The molecule has 0 atom stereocenters. The van der Waals surface area contributed by atoms with Crippen molar-refractivity contribution < 1.29 is 4.74 Å². The van der Waals surface area contributed by atoms with Gasteiger partial charge < -0.3 is 9.64 Å². The molecule has 24 heavy (non-hydrogen) atoms. The maximum Gasteiger partial charge on any atom is 0.0901 e. The van der Waals surface area contributed by atoms with Gasteiger partial charge in [-0.1, -0.05) is 13.0 Å². The fourth-order valence-electron chi connectivity index (χ4n) is 3.93. The highest BCUT2D eigenvalue weighted by molar-refractivity contribution is 5.76. The van der Waals surface area contributed by atoms with Crippen LogP contribution in [0.15, 0.2) is 18.2 Å². The normalized spacial score (nSPS) is 19.1. The summed E-state index contributed by atoms with van der Waals surface area (Å²) in [6, 6.07) is 6.55. The maximum atomic E-state index is 5.56. The van der Waals surface area contributed by atoms with Crippen LogP contribution < -0.4 is 4.90 Å². The SMILES string of the molecule is CCc1nn2c(C)cccc2c1N(CC1CCOCC1)CC1CC1. The number of nitrogens with zero attached hydrogens (tertiary/aromatic N) is 3. The lowest BCUT2D eigenvalue weighted by Gasteiger charge is -2.31. The summed E-state index contributed by atoms with van der Waals surface area (Å²) in [6.07, 6.45) is 6.17. The molecule has 0 bridgehead atoms. The Labute approximate surface area is 144 Å². The summed E-state index contributed by atoms with van der Waals surface area (Å²) in [5, 5.41) is 4.92. The van der Waals surface area contributed by atoms with Gasteiger partial charge in [-0.05, 0) is 63.0 Å². The second kappa shape index (κ2) is 6.75. The average Bonchev–Trinajstić information content (AvgIpc) is 3.33. The van der Waals surface area contributed by atoms with Crippen LogP contribution in [-0.2, 0) is 11.2 Å². The Balaban J connectivity index is 1.70. The van der Waals surface area contributed by atoms with Crippen molar-refractivity contribution in [3.05, 3.63) is 29.6 Å². The Bertz CT molecular complexity index is 698. The molecule has 2 aromatic heterocycles. The van der Waals surface area contributed by atoms with E-state index in [1.165, 1.54) is 54.8 Å². The quantitative estimate of drug-likeness (QED) is 0.807. The highest BCUT2D eigenvalue weighted by Crippen LogP contribution is 2.36. The number of aryl methyl sites for hydroxylation is 2. The minimum absolute atomic E-state index is 0.752. The van der Waals surface area contributed by atoms with Gasteiger partial charge in [0.05, 0.1) is 16.9 Å². The molecule has 1 saturated carbocycles. The summed E-state index contributed by atoms with van der Waals surface area (Å²) in [5.41, 5.74) is 5.13. The molecule has 4 rings (SSSR count). The topological polar surface area (TPSA) is 29.8 Å². The molecule has 0 N–H and O–H groups in total. The van der Waals surface area contributed by atoms with Crippen molar-refractivity contribution in [2.24, 2.45) is 11.8 Å². The van der Waals surface area contributed by atoms with Gasteiger partial charge in [0, 0.05) is 32.0 Å². The zero-order chi connectivity index (χ0) is 16.5. The smallest absolute Gasteiger partial charge is 0.0901 e. The molecule has 0 unspecified atom stereocenters. The van der Waals surface area contributed by atoms with Gasteiger partial charge in [-0.25, -0.2) is 4.52 Å². The fraction of sp³-hybridized carbons (Fsp3) is 0.650. The van der Waals surface area contributed by atoms with E-state index in [-0.39, 0.29) is 0 Å². The fourth-order valence-corrected chi connectivity index (χ4v) is 3.93. The minimum Gasteiger partial charge on any atom is -0.381 e. The number of aromatic nitrogens is 2. The third-order valence-corrected chi connectivity index (χ3v) is 5.54. The van der Waals surface area contributed by atoms with E-state index in [4.69, 9.17) is 9.84 Å². The van der Waals surface area contributed by atoms with Gasteiger partial charge in [-0.2, -0.15) is 5.10 Å². The molecule has 4 nitrogen and oxygen atoms in total. The van der Waals surface area contributed by atoms with E-state index < -0.39 is 0 Å². The number of ether oxygens (including phenoxy) is 1. The Hall–Kier alpha value is -1.55. The first-order valence-electron chi connectivity index (χ1n) is 9.56. The molecule has 1 aliphatic heterocycles. The molecule has 4 heteroatoms. The average molecular weight is 327 g/mol. The second-order valence-electron chi connectivity index (χ2n) is 7.52. The van der Waals surface area contributed by atoms with Crippen LogP contribution >= 0.6 is 0 Å². The lowest BCUT2D eigenvalue weighted by atomic mass is 9.99. The van der Waals surface area contributed by atoms with E-state index in [2.05, 4.69) is 41.5 Å². The van der Waals surface area contributed by atoms with Gasteiger partial charge in [-0.3, -0.25) is 0 Å². The van der Waals surface area contributed by atoms with Crippen LogP contribution in [0.2, 0.25) is 0 Å². The van der Waals surface area contributed by atoms with Gasteiger partial charge >= 0.3 is 0 Å². The van der Waals surface area contributed by atoms with E-state index >= 15 is 0 Å². The van der Waals surface area contributed by atoms with Crippen LogP contribution in [0, 0.1) is 18.8 Å². The van der Waals surface area contributed by atoms with E-state index in [0.29, 0.717) is 0 Å². The lowest BCUT2D eigenvalue weighted by Crippen LogP contribution is -2.34. The Kier molecular flexibility index (Phi) is 4.49. The molecule has 2 aromatic rings. The number of anilines is 1. The van der Waals surface area contributed by atoms with Crippen molar-refractivity contribution in [2.75, 3.05) is 31.2 Å². The van der Waals surface area contributed by atoms with Gasteiger partial charge in [0.2, 0.25) is 0 Å². The van der Waals surface area contributed by atoms with Crippen LogP contribution in [0.3, 0.4) is 0 Å². The zero-order valence-electron chi connectivity index (χ0n) is 15.0. The van der Waals surface area contributed by atoms with Crippen LogP contribution in [0.1, 0.15) is 44.0 Å². The van der Waals surface area contributed by atoms with Gasteiger partial charge in [0.1, 0.15) is 0 Å². The molecule has 0 radical (unpaired) electrons. The molecule has 130 valence electrons. The number of fused-ring (bicyclic) bond motifs is 1. The van der Waals surface area contributed by atoms with Gasteiger partial charge in [-0.15, -0.1) is 0 Å². The standard InChI is InChI=1S/C20H29N3O/c1-3-18-20(19-6-4-5-15(2)23(19)21-18)22(13-16-7-8-16)14-17-9-11-24-12-10-17/h4-6,16-17H,3,7-14H2,1-2H3. The Morgan fingerprint density at radius 1 is 1.12 bits per heavy atom. The van der Waals surface area contributed by atoms with Crippen molar-refractivity contribution in [1.29, 1.82) is 0 Å². The van der Waals surface area contributed by atoms with Crippen molar-refractivity contribution in [1.82, 2.24) is 9.61 Å². The highest BCUT2D eigenvalue weighted by Gasteiger charge is 2.29. The molecule has 0 amide bonds. The van der Waals surface area contributed by atoms with E-state index in [1.54, 1.807) is 0 Å². The summed E-state index contributed by atoms with van der Waals surface area (Å²) in [7, 11) is 0. The largest absolute Gasteiger partial charge is 0.381 e. The van der Waals surface area contributed by atoms with Crippen molar-refractivity contribution in [2.45, 2.75) is 46.0 Å².